The number of hydrogen-bond donors (Lipinski definition) is 3. The normalized spacial score (nSPS) is 16.9. The summed E-state index contributed by atoms with van der Waals surface area (Å²) in [6.07, 6.45) is 0.151. The van der Waals surface area contributed by atoms with E-state index in [2.05, 4.69) is 16.7 Å². The molecule has 0 radical (unpaired) electrons. The van der Waals surface area contributed by atoms with E-state index < -0.39 is 5.97 Å². The molecule has 5 heteroatoms. The minimum atomic E-state index is -0.762. The smallest absolute Gasteiger partial charge is 0.305 e. The largest absolute Gasteiger partial charge is 0.481 e. The number of benzene rings is 1. The number of nitrogens with one attached hydrogen (secondary N) is 2. The number of hydrogen-bond acceptors (Lipinski definition) is 4. The predicted molar refractivity (Wildman–Crippen MR) is 71.8 cm³/mol. The van der Waals surface area contributed by atoms with Gasteiger partial charge in [-0.1, -0.05) is 24.3 Å². The fourth-order valence-corrected chi connectivity index (χ4v) is 2.31. The molecule has 0 bridgehead atoms. The zero-order valence-electron chi connectivity index (χ0n) is 11.1. The lowest BCUT2D eigenvalue weighted by Crippen LogP contribution is -2.68. The molecule has 1 aliphatic rings. The van der Waals surface area contributed by atoms with Crippen LogP contribution in [0.1, 0.15) is 17.5 Å². The lowest BCUT2D eigenvalue weighted by atomic mass is 9.88. The zero-order valence-corrected chi connectivity index (χ0v) is 11.1. The molecule has 0 aliphatic carbocycles. The van der Waals surface area contributed by atoms with Crippen LogP contribution in [-0.2, 0) is 22.7 Å². The van der Waals surface area contributed by atoms with E-state index in [-0.39, 0.29) is 12.0 Å². The summed E-state index contributed by atoms with van der Waals surface area (Å²) in [5.74, 6) is -0.762. The highest BCUT2D eigenvalue weighted by atomic mass is 16.5. The highest BCUT2D eigenvalue weighted by Crippen LogP contribution is 2.17. The van der Waals surface area contributed by atoms with Crippen molar-refractivity contribution in [2.45, 2.75) is 25.1 Å². The minimum absolute atomic E-state index is 0.151. The molecule has 19 heavy (non-hydrogen) atoms. The Balaban J connectivity index is 1.93. The maximum Gasteiger partial charge on any atom is 0.305 e. The van der Waals surface area contributed by atoms with Crippen LogP contribution in [0.15, 0.2) is 24.3 Å². The molecule has 0 saturated carbocycles. The van der Waals surface area contributed by atoms with Gasteiger partial charge < -0.3 is 20.5 Å². The van der Waals surface area contributed by atoms with Crippen molar-refractivity contribution in [2.75, 3.05) is 20.2 Å². The third kappa shape index (κ3) is 3.76. The van der Waals surface area contributed by atoms with Gasteiger partial charge in [-0.15, -0.1) is 0 Å². The van der Waals surface area contributed by atoms with Gasteiger partial charge in [-0.05, 0) is 11.1 Å². The summed E-state index contributed by atoms with van der Waals surface area (Å²) >= 11 is 0. The Morgan fingerprint density at radius 1 is 1.47 bits per heavy atom. The average Bonchev–Trinajstić information content (AvgIpc) is 2.33. The molecule has 1 heterocycles. The van der Waals surface area contributed by atoms with E-state index in [9.17, 15) is 4.79 Å². The third-order valence-electron chi connectivity index (χ3n) is 3.39. The Kier molecular flexibility index (Phi) is 4.52. The molecule has 1 saturated heterocycles. The van der Waals surface area contributed by atoms with E-state index in [0.29, 0.717) is 26.2 Å². The molecular formula is C14H20N2O3. The molecule has 0 aromatic heterocycles. The van der Waals surface area contributed by atoms with Crippen molar-refractivity contribution in [3.63, 3.8) is 0 Å². The number of carboxylic acids is 1. The van der Waals surface area contributed by atoms with Crippen LogP contribution >= 0.6 is 0 Å². The molecule has 1 aliphatic heterocycles. The van der Waals surface area contributed by atoms with E-state index in [1.54, 1.807) is 7.11 Å². The fraction of sp³-hybridized carbons (Fsp3) is 0.500. The summed E-state index contributed by atoms with van der Waals surface area (Å²) in [7, 11) is 1.67. The lowest BCUT2D eigenvalue weighted by molar-refractivity contribution is -0.139. The van der Waals surface area contributed by atoms with Gasteiger partial charge in [0, 0.05) is 26.7 Å². The van der Waals surface area contributed by atoms with Gasteiger partial charge >= 0.3 is 5.97 Å². The number of aliphatic carboxylic acids is 1. The maximum absolute atomic E-state index is 10.9. The van der Waals surface area contributed by atoms with Crippen LogP contribution in [0.3, 0.4) is 0 Å². The van der Waals surface area contributed by atoms with Crippen molar-refractivity contribution in [3.8, 4) is 0 Å². The van der Waals surface area contributed by atoms with Crippen LogP contribution in [0, 0.1) is 0 Å². The number of carbonyl (C=O) groups is 1. The van der Waals surface area contributed by atoms with Crippen LogP contribution in [0.25, 0.3) is 0 Å². The Hall–Kier alpha value is -1.43. The van der Waals surface area contributed by atoms with Gasteiger partial charge in [-0.25, -0.2) is 0 Å². The molecule has 3 N–H and O–H groups in total. The summed E-state index contributed by atoms with van der Waals surface area (Å²) < 4.78 is 5.11. The molecule has 1 aromatic carbocycles. The summed E-state index contributed by atoms with van der Waals surface area (Å²) in [4.78, 5) is 10.9. The van der Waals surface area contributed by atoms with Crippen LogP contribution < -0.4 is 10.6 Å². The van der Waals surface area contributed by atoms with Gasteiger partial charge in [0.1, 0.15) is 0 Å². The average molecular weight is 264 g/mol. The van der Waals surface area contributed by atoms with Crippen molar-refractivity contribution in [3.05, 3.63) is 35.4 Å². The minimum Gasteiger partial charge on any atom is -0.481 e. The molecule has 104 valence electrons. The zero-order chi connectivity index (χ0) is 13.7. The summed E-state index contributed by atoms with van der Waals surface area (Å²) in [6, 6.07) is 8.13. The van der Waals surface area contributed by atoms with E-state index in [1.807, 2.05) is 18.2 Å². The Morgan fingerprint density at radius 3 is 2.79 bits per heavy atom. The monoisotopic (exact) mass is 264 g/mol. The van der Waals surface area contributed by atoms with Crippen LogP contribution in [0.4, 0.5) is 0 Å². The first-order valence-electron chi connectivity index (χ1n) is 6.38. The predicted octanol–water partition coefficient (Wildman–Crippen LogP) is 0.739. The topological polar surface area (TPSA) is 70.6 Å². The second kappa shape index (κ2) is 6.14. The summed E-state index contributed by atoms with van der Waals surface area (Å²) in [5.41, 5.74) is 1.97. The Bertz CT molecular complexity index is 444. The van der Waals surface area contributed by atoms with Crippen molar-refractivity contribution in [1.82, 2.24) is 10.6 Å². The van der Waals surface area contributed by atoms with Crippen LogP contribution in [0.2, 0.25) is 0 Å². The van der Waals surface area contributed by atoms with Gasteiger partial charge in [-0.3, -0.25) is 4.79 Å². The number of ether oxygens (including phenoxy) is 1. The molecule has 0 spiro atoms. The van der Waals surface area contributed by atoms with Crippen molar-refractivity contribution >= 4 is 5.97 Å². The van der Waals surface area contributed by atoms with E-state index in [1.165, 1.54) is 0 Å². The first-order chi connectivity index (χ1) is 9.13. The highest BCUT2D eigenvalue weighted by molar-refractivity contribution is 5.68. The van der Waals surface area contributed by atoms with Crippen LogP contribution in [0.5, 0.6) is 0 Å². The third-order valence-corrected chi connectivity index (χ3v) is 3.39. The molecule has 0 amide bonds. The first kappa shape index (κ1) is 14.0. The van der Waals surface area contributed by atoms with Crippen molar-refractivity contribution in [2.24, 2.45) is 0 Å². The van der Waals surface area contributed by atoms with Gasteiger partial charge in [0.2, 0.25) is 0 Å². The second-order valence-electron chi connectivity index (χ2n) is 5.06. The number of rotatable bonds is 7. The highest BCUT2D eigenvalue weighted by Gasteiger charge is 2.38. The lowest BCUT2D eigenvalue weighted by Gasteiger charge is -2.42. The standard InChI is InChI=1S/C14H20N2O3/c1-19-8-12-4-2-3-11(5-12)7-16-14(6-13(17)18)9-15-10-14/h2-5,15-16H,6-10H2,1H3,(H,17,18). The van der Waals surface area contributed by atoms with Crippen molar-refractivity contribution in [1.29, 1.82) is 0 Å². The van der Waals surface area contributed by atoms with Crippen molar-refractivity contribution < 1.29 is 14.6 Å². The maximum atomic E-state index is 10.9. The molecule has 0 unspecified atom stereocenters. The summed E-state index contributed by atoms with van der Waals surface area (Å²) in [6.45, 7) is 2.68. The molecule has 1 aromatic rings. The Labute approximate surface area is 113 Å². The summed E-state index contributed by atoms with van der Waals surface area (Å²) in [5, 5.41) is 15.4. The SMILES string of the molecule is COCc1cccc(CNC2(CC(=O)O)CNC2)c1. The van der Waals surface area contributed by atoms with Crippen LogP contribution in [-0.4, -0.2) is 36.8 Å². The van der Waals surface area contributed by atoms with Gasteiger partial charge in [0.05, 0.1) is 18.6 Å². The number of carboxylic acid groups (broad SMARTS) is 1. The first-order valence-corrected chi connectivity index (χ1v) is 6.38. The molecule has 1 fully saturated rings. The van der Waals surface area contributed by atoms with E-state index in [0.717, 1.165) is 11.1 Å². The van der Waals surface area contributed by atoms with Gasteiger partial charge in [0.25, 0.3) is 0 Å². The molecular weight excluding hydrogens is 244 g/mol. The number of methoxy groups -OCH3 is 1. The molecule has 0 atom stereocenters. The van der Waals surface area contributed by atoms with E-state index in [4.69, 9.17) is 9.84 Å². The Morgan fingerprint density at radius 2 is 2.21 bits per heavy atom. The van der Waals surface area contributed by atoms with E-state index >= 15 is 0 Å². The molecule has 5 nitrogen and oxygen atoms in total. The quantitative estimate of drug-likeness (QED) is 0.677. The van der Waals surface area contributed by atoms with Gasteiger partial charge in [0.15, 0.2) is 0 Å². The second-order valence-corrected chi connectivity index (χ2v) is 5.06. The molecule has 2 rings (SSSR count). The fourth-order valence-electron chi connectivity index (χ4n) is 2.31. The van der Waals surface area contributed by atoms with Gasteiger partial charge in [-0.2, -0.15) is 0 Å².